The molecule has 0 N–H and O–H groups in total. The fraction of sp³-hybridized carbons (Fsp3) is 0.412. The highest BCUT2D eigenvalue weighted by Crippen LogP contribution is 2.31. The van der Waals surface area contributed by atoms with E-state index in [1.165, 1.54) is 14.0 Å². The van der Waals surface area contributed by atoms with Gasteiger partial charge in [0.25, 0.3) is 0 Å². The third-order valence-corrected chi connectivity index (χ3v) is 3.90. The second-order valence-electron chi connectivity index (χ2n) is 5.49. The van der Waals surface area contributed by atoms with Gasteiger partial charge < -0.3 is 9.47 Å². The molecule has 2 rings (SSSR count). The van der Waals surface area contributed by atoms with Crippen molar-refractivity contribution in [3.05, 3.63) is 35.9 Å². The number of ether oxygens (including phenoxy) is 2. The van der Waals surface area contributed by atoms with Crippen LogP contribution in [0.15, 0.2) is 30.3 Å². The molecule has 128 valence electrons. The summed E-state index contributed by atoms with van der Waals surface area (Å²) in [5.74, 6) is -2.83. The molecule has 7 heteroatoms. The summed E-state index contributed by atoms with van der Waals surface area (Å²) >= 11 is 0. The first-order chi connectivity index (χ1) is 11.5. The summed E-state index contributed by atoms with van der Waals surface area (Å²) in [4.78, 5) is 47.8. The van der Waals surface area contributed by atoms with Crippen molar-refractivity contribution >= 4 is 23.8 Å². The van der Waals surface area contributed by atoms with Gasteiger partial charge in [0.05, 0.1) is 13.0 Å². The highest BCUT2D eigenvalue weighted by atomic mass is 16.5. The van der Waals surface area contributed by atoms with Crippen molar-refractivity contribution in [2.45, 2.75) is 32.4 Å². The molecule has 2 amide bonds. The van der Waals surface area contributed by atoms with Gasteiger partial charge in [-0.25, -0.2) is 4.79 Å². The largest absolute Gasteiger partial charge is 0.467 e. The molecule has 0 spiro atoms. The quantitative estimate of drug-likeness (QED) is 0.571. The minimum atomic E-state index is -0.957. The van der Waals surface area contributed by atoms with Gasteiger partial charge in [-0.2, -0.15) is 0 Å². The van der Waals surface area contributed by atoms with Crippen molar-refractivity contribution in [3.8, 4) is 0 Å². The van der Waals surface area contributed by atoms with E-state index >= 15 is 0 Å². The van der Waals surface area contributed by atoms with Crippen LogP contribution in [-0.2, 0) is 35.3 Å². The van der Waals surface area contributed by atoms with Crippen LogP contribution in [0, 0.1) is 5.92 Å². The Bertz CT molecular complexity index is 642. The molecule has 1 aromatic carbocycles. The van der Waals surface area contributed by atoms with E-state index in [1.54, 1.807) is 0 Å². The van der Waals surface area contributed by atoms with E-state index in [4.69, 9.17) is 4.74 Å². The minimum Gasteiger partial charge on any atom is -0.467 e. The second kappa shape index (κ2) is 7.72. The van der Waals surface area contributed by atoms with E-state index in [-0.39, 0.29) is 19.4 Å². The number of methoxy groups -OCH3 is 1. The van der Waals surface area contributed by atoms with Gasteiger partial charge >= 0.3 is 11.9 Å². The first kappa shape index (κ1) is 17.7. The monoisotopic (exact) mass is 333 g/mol. The van der Waals surface area contributed by atoms with Crippen molar-refractivity contribution in [1.29, 1.82) is 0 Å². The molecule has 24 heavy (non-hydrogen) atoms. The Hall–Kier alpha value is -2.70. The molecule has 1 aliphatic heterocycles. The Balaban J connectivity index is 1.86. The van der Waals surface area contributed by atoms with Crippen molar-refractivity contribution in [2.75, 3.05) is 7.11 Å². The molecule has 0 aliphatic carbocycles. The Morgan fingerprint density at radius 1 is 1.17 bits per heavy atom. The summed E-state index contributed by atoms with van der Waals surface area (Å²) < 4.78 is 9.76. The predicted molar refractivity (Wildman–Crippen MR) is 82.3 cm³/mol. The van der Waals surface area contributed by atoms with Gasteiger partial charge in [0.1, 0.15) is 12.6 Å². The van der Waals surface area contributed by atoms with Gasteiger partial charge in [-0.15, -0.1) is 0 Å². The van der Waals surface area contributed by atoms with Crippen LogP contribution < -0.4 is 0 Å². The zero-order valence-electron chi connectivity index (χ0n) is 13.6. The van der Waals surface area contributed by atoms with Crippen LogP contribution in [0.3, 0.4) is 0 Å². The van der Waals surface area contributed by atoms with Crippen LogP contribution in [0.5, 0.6) is 0 Å². The number of hydrogen-bond donors (Lipinski definition) is 0. The van der Waals surface area contributed by atoms with Gasteiger partial charge in [0, 0.05) is 13.3 Å². The first-order valence-electron chi connectivity index (χ1n) is 7.56. The van der Waals surface area contributed by atoms with E-state index in [9.17, 15) is 19.2 Å². The zero-order valence-corrected chi connectivity index (χ0v) is 13.6. The SMILES string of the molecule is COC(=O)[C@H]1[C@@H](CCC(=O)OCc2ccccc2)C(=O)N1C(C)=O. The summed E-state index contributed by atoms with van der Waals surface area (Å²) in [5, 5.41) is 0. The molecule has 1 aliphatic rings. The molecule has 1 heterocycles. The number of likely N-dealkylation sites (tertiary alicyclic amines) is 1. The Morgan fingerprint density at radius 2 is 1.83 bits per heavy atom. The molecular weight excluding hydrogens is 314 g/mol. The molecule has 1 saturated heterocycles. The Labute approximate surface area is 139 Å². The number of imide groups is 1. The number of rotatable bonds is 6. The van der Waals surface area contributed by atoms with E-state index in [0.717, 1.165) is 10.5 Å². The smallest absolute Gasteiger partial charge is 0.329 e. The zero-order chi connectivity index (χ0) is 17.7. The Morgan fingerprint density at radius 3 is 2.42 bits per heavy atom. The van der Waals surface area contributed by atoms with Gasteiger partial charge in [-0.1, -0.05) is 30.3 Å². The van der Waals surface area contributed by atoms with E-state index < -0.39 is 35.7 Å². The molecule has 7 nitrogen and oxygen atoms in total. The number of benzene rings is 1. The normalized spacial score (nSPS) is 19.4. The maximum Gasteiger partial charge on any atom is 0.329 e. The molecule has 0 unspecified atom stereocenters. The molecule has 0 radical (unpaired) electrons. The lowest BCUT2D eigenvalue weighted by molar-refractivity contribution is -0.178. The lowest BCUT2D eigenvalue weighted by Gasteiger charge is -2.43. The minimum absolute atomic E-state index is 0.0114. The van der Waals surface area contributed by atoms with Crippen molar-refractivity contribution in [1.82, 2.24) is 4.90 Å². The molecule has 0 saturated carbocycles. The Kier molecular flexibility index (Phi) is 5.68. The fourth-order valence-corrected chi connectivity index (χ4v) is 2.65. The molecule has 1 aromatic rings. The third kappa shape index (κ3) is 3.79. The van der Waals surface area contributed by atoms with Crippen LogP contribution in [0.25, 0.3) is 0 Å². The maximum absolute atomic E-state index is 12.0. The summed E-state index contributed by atoms with van der Waals surface area (Å²) in [7, 11) is 1.19. The third-order valence-electron chi connectivity index (χ3n) is 3.90. The van der Waals surface area contributed by atoms with Crippen molar-refractivity contribution in [2.24, 2.45) is 5.92 Å². The lowest BCUT2D eigenvalue weighted by atomic mass is 9.83. The number of nitrogens with zero attached hydrogens (tertiary/aromatic N) is 1. The van der Waals surface area contributed by atoms with Crippen LogP contribution in [0.1, 0.15) is 25.3 Å². The summed E-state index contributed by atoms with van der Waals surface area (Å²) in [6.07, 6.45) is 0.123. The molecule has 0 aromatic heterocycles. The molecule has 2 atom stereocenters. The fourth-order valence-electron chi connectivity index (χ4n) is 2.65. The first-order valence-corrected chi connectivity index (χ1v) is 7.56. The van der Waals surface area contributed by atoms with Crippen LogP contribution in [-0.4, -0.2) is 41.8 Å². The average Bonchev–Trinajstić information content (AvgIpc) is 2.57. The lowest BCUT2D eigenvalue weighted by Crippen LogP contribution is -2.66. The highest BCUT2D eigenvalue weighted by molar-refractivity contribution is 6.07. The van der Waals surface area contributed by atoms with Crippen molar-refractivity contribution < 1.29 is 28.7 Å². The number of hydrogen-bond acceptors (Lipinski definition) is 6. The molecule has 0 bridgehead atoms. The number of amides is 2. The van der Waals surface area contributed by atoms with Gasteiger partial charge in [-0.3, -0.25) is 19.3 Å². The number of carbonyl (C=O) groups excluding carboxylic acids is 4. The van der Waals surface area contributed by atoms with Gasteiger partial charge in [-0.05, 0) is 12.0 Å². The van der Waals surface area contributed by atoms with Crippen LogP contribution in [0.2, 0.25) is 0 Å². The number of carbonyl (C=O) groups is 4. The maximum atomic E-state index is 12.0. The van der Waals surface area contributed by atoms with Crippen LogP contribution in [0.4, 0.5) is 0 Å². The standard InChI is InChI=1S/C17H19NO6/c1-11(19)18-15(17(22)23-2)13(16(18)21)8-9-14(20)24-10-12-6-4-3-5-7-12/h3-7,13,15H,8-10H2,1-2H3/t13-,15-/m1/s1. The van der Waals surface area contributed by atoms with Gasteiger partial charge in [0.2, 0.25) is 11.8 Å². The predicted octanol–water partition coefficient (Wildman–Crippen LogP) is 1.06. The summed E-state index contributed by atoms with van der Waals surface area (Å²) in [6, 6.07) is 8.26. The van der Waals surface area contributed by atoms with E-state index in [2.05, 4.69) is 4.74 Å². The molecular formula is C17H19NO6. The highest BCUT2D eigenvalue weighted by Gasteiger charge is 2.53. The average molecular weight is 333 g/mol. The number of esters is 2. The number of β-lactam (4-membered cyclic amide) rings is 1. The van der Waals surface area contributed by atoms with Gasteiger partial charge in [0.15, 0.2) is 0 Å². The molecule has 1 fully saturated rings. The van der Waals surface area contributed by atoms with Crippen LogP contribution >= 0.6 is 0 Å². The topological polar surface area (TPSA) is 90.0 Å². The summed E-state index contributed by atoms with van der Waals surface area (Å²) in [6.45, 7) is 1.36. The van der Waals surface area contributed by atoms with E-state index in [0.29, 0.717) is 0 Å². The van der Waals surface area contributed by atoms with E-state index in [1.807, 2.05) is 30.3 Å². The van der Waals surface area contributed by atoms with Crippen molar-refractivity contribution in [3.63, 3.8) is 0 Å². The summed E-state index contributed by atoms with van der Waals surface area (Å²) in [5.41, 5.74) is 0.862. The second-order valence-corrected chi connectivity index (χ2v) is 5.49.